The molecule has 0 bridgehead atoms. The molecule has 3 heteroatoms. The number of carbonyl (C=O) groups excluding carboxylic acids is 1. The number of hydrogen-bond acceptors (Lipinski definition) is 2. The molecule has 0 radical (unpaired) electrons. The maximum atomic E-state index is 11.8. The Kier molecular flexibility index (Phi) is 2.66. The average Bonchev–Trinajstić information content (AvgIpc) is 2.69. The number of rotatable bonds is 2. The van der Waals surface area contributed by atoms with Crippen LogP contribution in [0.15, 0.2) is 41.8 Å². The molecule has 0 aliphatic heterocycles. The molecule has 0 unspecified atom stereocenters. The Morgan fingerprint density at radius 3 is 2.71 bits per heavy atom. The largest absolute Gasteiger partial charge is 0.288 e. The quantitative estimate of drug-likeness (QED) is 0.710. The van der Waals surface area contributed by atoms with Gasteiger partial charge in [-0.3, -0.25) is 4.79 Å². The van der Waals surface area contributed by atoms with Crippen molar-refractivity contribution in [1.29, 1.82) is 0 Å². The van der Waals surface area contributed by atoms with Crippen LogP contribution in [0, 0.1) is 0 Å². The van der Waals surface area contributed by atoms with E-state index in [-0.39, 0.29) is 5.78 Å². The van der Waals surface area contributed by atoms with Crippen molar-refractivity contribution < 1.29 is 4.79 Å². The van der Waals surface area contributed by atoms with Gasteiger partial charge >= 0.3 is 0 Å². The fraction of sp³-hybridized carbons (Fsp3) is 0. The smallest absolute Gasteiger partial charge is 0.202 e. The van der Waals surface area contributed by atoms with E-state index in [1.54, 1.807) is 24.3 Å². The van der Waals surface area contributed by atoms with Crippen LogP contribution in [0.2, 0.25) is 5.02 Å². The SMILES string of the molecule is O=C(c1cccc(Cl)c1)c1cccs1. The first-order valence-electron chi connectivity index (χ1n) is 4.11. The zero-order chi connectivity index (χ0) is 9.97. The summed E-state index contributed by atoms with van der Waals surface area (Å²) in [4.78, 5) is 12.6. The van der Waals surface area contributed by atoms with Gasteiger partial charge in [0.15, 0.2) is 0 Å². The highest BCUT2D eigenvalue weighted by molar-refractivity contribution is 7.12. The van der Waals surface area contributed by atoms with Crippen LogP contribution in [0.4, 0.5) is 0 Å². The number of thiophene rings is 1. The second-order valence-electron chi connectivity index (χ2n) is 2.82. The summed E-state index contributed by atoms with van der Waals surface area (Å²) in [6.07, 6.45) is 0. The first-order chi connectivity index (χ1) is 6.77. The maximum Gasteiger partial charge on any atom is 0.202 e. The summed E-state index contributed by atoms with van der Waals surface area (Å²) in [7, 11) is 0. The normalized spacial score (nSPS) is 10.1. The van der Waals surface area contributed by atoms with E-state index >= 15 is 0 Å². The summed E-state index contributed by atoms with van der Waals surface area (Å²) in [5, 5.41) is 2.48. The van der Waals surface area contributed by atoms with Crippen LogP contribution in [0.3, 0.4) is 0 Å². The lowest BCUT2D eigenvalue weighted by Crippen LogP contribution is -1.97. The van der Waals surface area contributed by atoms with Crippen molar-refractivity contribution in [2.75, 3.05) is 0 Å². The van der Waals surface area contributed by atoms with Crippen molar-refractivity contribution in [3.8, 4) is 0 Å². The van der Waals surface area contributed by atoms with Gasteiger partial charge in [0, 0.05) is 10.6 Å². The van der Waals surface area contributed by atoms with Gasteiger partial charge in [-0.2, -0.15) is 0 Å². The zero-order valence-corrected chi connectivity index (χ0v) is 8.81. The van der Waals surface area contributed by atoms with Crippen LogP contribution in [-0.4, -0.2) is 5.78 Å². The highest BCUT2D eigenvalue weighted by Crippen LogP contribution is 2.17. The summed E-state index contributed by atoms with van der Waals surface area (Å²) in [5.41, 5.74) is 0.639. The molecular formula is C11H7ClOS. The molecule has 0 saturated heterocycles. The van der Waals surface area contributed by atoms with E-state index in [0.29, 0.717) is 10.6 Å². The molecule has 0 atom stereocenters. The number of benzene rings is 1. The van der Waals surface area contributed by atoms with Crippen molar-refractivity contribution in [3.63, 3.8) is 0 Å². The highest BCUT2D eigenvalue weighted by atomic mass is 35.5. The molecular weight excluding hydrogens is 216 g/mol. The Hall–Kier alpha value is -1.12. The molecule has 0 aliphatic carbocycles. The van der Waals surface area contributed by atoms with Gasteiger partial charge in [0.1, 0.15) is 0 Å². The van der Waals surface area contributed by atoms with Crippen molar-refractivity contribution in [3.05, 3.63) is 57.2 Å². The summed E-state index contributed by atoms with van der Waals surface area (Å²) in [6.45, 7) is 0. The zero-order valence-electron chi connectivity index (χ0n) is 7.24. The fourth-order valence-electron chi connectivity index (χ4n) is 1.18. The average molecular weight is 223 g/mol. The molecule has 2 rings (SSSR count). The Balaban J connectivity index is 2.37. The molecule has 1 heterocycles. The van der Waals surface area contributed by atoms with Gasteiger partial charge in [-0.25, -0.2) is 0 Å². The second-order valence-corrected chi connectivity index (χ2v) is 4.20. The van der Waals surface area contributed by atoms with E-state index in [1.165, 1.54) is 11.3 Å². The molecule has 1 aromatic heterocycles. The van der Waals surface area contributed by atoms with E-state index in [2.05, 4.69) is 0 Å². The van der Waals surface area contributed by atoms with E-state index < -0.39 is 0 Å². The molecule has 0 amide bonds. The molecule has 2 aromatic rings. The minimum atomic E-state index is 0.0301. The first-order valence-corrected chi connectivity index (χ1v) is 5.37. The number of hydrogen-bond donors (Lipinski definition) is 0. The van der Waals surface area contributed by atoms with E-state index in [0.717, 1.165) is 4.88 Å². The Morgan fingerprint density at radius 1 is 1.21 bits per heavy atom. The lowest BCUT2D eigenvalue weighted by atomic mass is 10.1. The van der Waals surface area contributed by atoms with Crippen LogP contribution in [-0.2, 0) is 0 Å². The third kappa shape index (κ3) is 1.86. The predicted octanol–water partition coefficient (Wildman–Crippen LogP) is 3.63. The second kappa shape index (κ2) is 3.95. The topological polar surface area (TPSA) is 17.1 Å². The standard InChI is InChI=1S/C11H7ClOS/c12-9-4-1-3-8(7-9)11(13)10-5-2-6-14-10/h1-7H. The highest BCUT2D eigenvalue weighted by Gasteiger charge is 2.09. The van der Waals surface area contributed by atoms with Gasteiger partial charge in [-0.05, 0) is 23.6 Å². The molecule has 0 fully saturated rings. The minimum Gasteiger partial charge on any atom is -0.288 e. The molecule has 14 heavy (non-hydrogen) atoms. The minimum absolute atomic E-state index is 0.0301. The van der Waals surface area contributed by atoms with Crippen molar-refractivity contribution in [2.24, 2.45) is 0 Å². The summed E-state index contributed by atoms with van der Waals surface area (Å²) >= 11 is 7.24. The van der Waals surface area contributed by atoms with E-state index in [9.17, 15) is 4.79 Å². The first kappa shape index (κ1) is 9.44. The van der Waals surface area contributed by atoms with Crippen molar-refractivity contribution in [1.82, 2.24) is 0 Å². The van der Waals surface area contributed by atoms with Crippen LogP contribution in [0.1, 0.15) is 15.2 Å². The number of carbonyl (C=O) groups is 1. The molecule has 0 saturated carbocycles. The lowest BCUT2D eigenvalue weighted by Gasteiger charge is -1.97. The molecule has 0 spiro atoms. The van der Waals surface area contributed by atoms with Gasteiger partial charge in [-0.15, -0.1) is 11.3 Å². The molecule has 70 valence electrons. The Bertz CT molecular complexity index is 448. The number of halogens is 1. The van der Waals surface area contributed by atoms with Crippen molar-refractivity contribution >= 4 is 28.7 Å². The predicted molar refractivity (Wildman–Crippen MR) is 59.2 cm³/mol. The van der Waals surface area contributed by atoms with Crippen LogP contribution < -0.4 is 0 Å². The monoisotopic (exact) mass is 222 g/mol. The molecule has 1 aromatic carbocycles. The maximum absolute atomic E-state index is 11.8. The lowest BCUT2D eigenvalue weighted by molar-refractivity contribution is 0.104. The third-order valence-corrected chi connectivity index (χ3v) is 2.94. The van der Waals surface area contributed by atoms with Crippen LogP contribution in [0.5, 0.6) is 0 Å². The van der Waals surface area contributed by atoms with Crippen LogP contribution >= 0.6 is 22.9 Å². The Labute approximate surface area is 91.0 Å². The van der Waals surface area contributed by atoms with Gasteiger partial charge in [0.25, 0.3) is 0 Å². The third-order valence-electron chi connectivity index (χ3n) is 1.83. The van der Waals surface area contributed by atoms with E-state index in [4.69, 9.17) is 11.6 Å². The molecule has 1 nitrogen and oxygen atoms in total. The Morgan fingerprint density at radius 2 is 2.07 bits per heavy atom. The molecule has 0 aliphatic rings. The van der Waals surface area contributed by atoms with Gasteiger partial charge in [-0.1, -0.05) is 29.8 Å². The van der Waals surface area contributed by atoms with Gasteiger partial charge in [0.2, 0.25) is 5.78 Å². The summed E-state index contributed by atoms with van der Waals surface area (Å²) < 4.78 is 0. The van der Waals surface area contributed by atoms with Crippen molar-refractivity contribution in [2.45, 2.75) is 0 Å². The number of ketones is 1. The summed E-state index contributed by atoms with van der Waals surface area (Å²) in [5.74, 6) is 0.0301. The fourth-order valence-corrected chi connectivity index (χ4v) is 2.06. The molecule has 0 N–H and O–H groups in total. The van der Waals surface area contributed by atoms with Gasteiger partial charge in [0.05, 0.1) is 4.88 Å². The van der Waals surface area contributed by atoms with Crippen LogP contribution in [0.25, 0.3) is 0 Å². The van der Waals surface area contributed by atoms with Gasteiger partial charge < -0.3 is 0 Å². The van der Waals surface area contributed by atoms with E-state index in [1.807, 2.05) is 17.5 Å². The summed E-state index contributed by atoms with van der Waals surface area (Å²) in [6, 6.07) is 10.7.